The van der Waals surface area contributed by atoms with Gasteiger partial charge in [0.1, 0.15) is 5.75 Å². The molecule has 2 aliphatic rings. The lowest BCUT2D eigenvalue weighted by atomic mass is 9.89. The lowest BCUT2D eigenvalue weighted by Crippen LogP contribution is -2.44. The van der Waals surface area contributed by atoms with E-state index in [9.17, 15) is 4.79 Å². The van der Waals surface area contributed by atoms with Crippen LogP contribution >= 0.6 is 0 Å². The Labute approximate surface area is 118 Å². The van der Waals surface area contributed by atoms with Gasteiger partial charge in [-0.05, 0) is 18.9 Å². The fourth-order valence-electron chi connectivity index (χ4n) is 2.80. The number of aliphatic carboxylic acids is 1. The summed E-state index contributed by atoms with van der Waals surface area (Å²) in [6.45, 7) is 4.22. The molecule has 108 valence electrons. The normalized spacial score (nSPS) is 21.9. The van der Waals surface area contributed by atoms with Crippen molar-refractivity contribution < 1.29 is 19.4 Å². The summed E-state index contributed by atoms with van der Waals surface area (Å²) >= 11 is 0. The number of ether oxygens (including phenoxy) is 2. The molecule has 4 nitrogen and oxygen atoms in total. The maximum atomic E-state index is 11.1. The summed E-state index contributed by atoms with van der Waals surface area (Å²) in [5.74, 6) is 0.0935. The first-order valence-corrected chi connectivity index (χ1v) is 7.05. The molecule has 0 unspecified atom stereocenters. The number of hydrogen-bond acceptors (Lipinski definition) is 3. The van der Waals surface area contributed by atoms with Crippen LogP contribution in [0.2, 0.25) is 0 Å². The summed E-state index contributed by atoms with van der Waals surface area (Å²) in [5.41, 5.74) is 0.932. The molecule has 1 aliphatic carbocycles. The van der Waals surface area contributed by atoms with Crippen LogP contribution in [0.4, 0.5) is 0 Å². The van der Waals surface area contributed by atoms with E-state index >= 15 is 0 Å². The Morgan fingerprint density at radius 3 is 2.60 bits per heavy atom. The number of carbonyl (C=O) groups is 1. The largest absolute Gasteiger partial charge is 0.493 e. The number of carboxylic acid groups (broad SMARTS) is 1. The minimum absolute atomic E-state index is 0.0939. The second kappa shape index (κ2) is 4.77. The number of carboxylic acids is 1. The maximum absolute atomic E-state index is 11.1. The topological polar surface area (TPSA) is 55.8 Å². The molecule has 0 bridgehead atoms. The van der Waals surface area contributed by atoms with E-state index in [1.54, 1.807) is 0 Å². The van der Waals surface area contributed by atoms with Crippen molar-refractivity contribution >= 4 is 5.97 Å². The number of hydrogen-bond donors (Lipinski definition) is 1. The van der Waals surface area contributed by atoms with Crippen LogP contribution in [0.3, 0.4) is 0 Å². The van der Waals surface area contributed by atoms with Crippen molar-refractivity contribution in [3.63, 3.8) is 0 Å². The van der Waals surface area contributed by atoms with E-state index in [1.807, 2.05) is 24.3 Å². The monoisotopic (exact) mass is 276 g/mol. The van der Waals surface area contributed by atoms with Gasteiger partial charge in [0.05, 0.1) is 26.2 Å². The van der Waals surface area contributed by atoms with Crippen molar-refractivity contribution in [1.82, 2.24) is 0 Å². The molecule has 0 atom stereocenters. The standard InChI is InChI=1S/C16H20O4/c1-15(9-19-10-15)11-20-13-5-3-2-4-12(13)16(6-7-16)8-14(17)18/h2-5H,6-11H2,1H3,(H,17,18). The fraction of sp³-hybridized carbons (Fsp3) is 0.562. The van der Waals surface area contributed by atoms with Crippen molar-refractivity contribution in [3.8, 4) is 5.75 Å². The van der Waals surface area contributed by atoms with Crippen molar-refractivity contribution in [2.75, 3.05) is 19.8 Å². The molecule has 1 aliphatic heterocycles. The Kier molecular flexibility index (Phi) is 3.21. The molecule has 0 radical (unpaired) electrons. The number of benzene rings is 1. The minimum atomic E-state index is -0.739. The van der Waals surface area contributed by atoms with Crippen LogP contribution in [0.1, 0.15) is 31.7 Å². The Bertz CT molecular complexity index is 515. The average molecular weight is 276 g/mol. The van der Waals surface area contributed by atoms with Gasteiger partial charge in [-0.25, -0.2) is 0 Å². The zero-order valence-corrected chi connectivity index (χ0v) is 11.7. The van der Waals surface area contributed by atoms with Gasteiger partial charge < -0.3 is 14.6 Å². The summed E-state index contributed by atoms with van der Waals surface area (Å²) in [6.07, 6.45) is 2.05. The van der Waals surface area contributed by atoms with E-state index in [1.165, 1.54) is 0 Å². The van der Waals surface area contributed by atoms with Crippen LogP contribution < -0.4 is 4.74 Å². The highest BCUT2D eigenvalue weighted by atomic mass is 16.5. The molecule has 1 aromatic carbocycles. The predicted octanol–water partition coefficient (Wildman–Crippen LogP) is 2.61. The molecular weight excluding hydrogens is 256 g/mol. The van der Waals surface area contributed by atoms with Crippen LogP contribution in [-0.4, -0.2) is 30.9 Å². The zero-order valence-electron chi connectivity index (χ0n) is 11.7. The Balaban J connectivity index is 1.76. The molecule has 3 rings (SSSR count). The molecule has 0 amide bonds. The summed E-state index contributed by atoms with van der Waals surface area (Å²) in [4.78, 5) is 11.1. The van der Waals surface area contributed by atoms with Gasteiger partial charge in [-0.1, -0.05) is 25.1 Å². The summed E-state index contributed by atoms with van der Waals surface area (Å²) < 4.78 is 11.2. The Morgan fingerprint density at radius 1 is 1.35 bits per heavy atom. The first kappa shape index (κ1) is 13.4. The van der Waals surface area contributed by atoms with Crippen LogP contribution in [0.15, 0.2) is 24.3 Å². The highest BCUT2D eigenvalue weighted by molar-refractivity contribution is 5.70. The highest BCUT2D eigenvalue weighted by Crippen LogP contribution is 2.53. The molecule has 0 spiro atoms. The van der Waals surface area contributed by atoms with Crippen molar-refractivity contribution in [3.05, 3.63) is 29.8 Å². The maximum Gasteiger partial charge on any atom is 0.304 e. The molecule has 1 N–H and O–H groups in total. The van der Waals surface area contributed by atoms with Crippen LogP contribution in [0, 0.1) is 5.41 Å². The van der Waals surface area contributed by atoms with Crippen LogP contribution in [0.5, 0.6) is 5.75 Å². The molecule has 0 aromatic heterocycles. The Morgan fingerprint density at radius 2 is 2.05 bits per heavy atom. The average Bonchev–Trinajstić information content (AvgIpc) is 3.14. The van der Waals surface area contributed by atoms with E-state index in [4.69, 9.17) is 14.6 Å². The quantitative estimate of drug-likeness (QED) is 0.867. The van der Waals surface area contributed by atoms with Crippen molar-refractivity contribution in [2.45, 2.75) is 31.6 Å². The molecule has 20 heavy (non-hydrogen) atoms. The first-order valence-electron chi connectivity index (χ1n) is 7.05. The molecule has 2 fully saturated rings. The molecular formula is C16H20O4. The lowest BCUT2D eigenvalue weighted by Gasteiger charge is -2.37. The van der Waals surface area contributed by atoms with Gasteiger partial charge in [-0.2, -0.15) is 0 Å². The summed E-state index contributed by atoms with van der Waals surface area (Å²) in [6, 6.07) is 7.85. The Hall–Kier alpha value is -1.55. The van der Waals surface area contributed by atoms with E-state index in [2.05, 4.69) is 6.92 Å². The van der Waals surface area contributed by atoms with Gasteiger partial charge in [0.15, 0.2) is 0 Å². The van der Waals surface area contributed by atoms with Gasteiger partial charge in [-0.15, -0.1) is 0 Å². The summed E-state index contributed by atoms with van der Waals surface area (Å²) in [7, 11) is 0. The third-order valence-electron chi connectivity index (χ3n) is 4.28. The van der Waals surface area contributed by atoms with Gasteiger partial charge in [0, 0.05) is 16.4 Å². The molecule has 1 aromatic rings. The van der Waals surface area contributed by atoms with E-state index < -0.39 is 5.97 Å². The van der Waals surface area contributed by atoms with Crippen molar-refractivity contribution in [1.29, 1.82) is 0 Å². The van der Waals surface area contributed by atoms with E-state index in [0.29, 0.717) is 6.61 Å². The minimum Gasteiger partial charge on any atom is -0.493 e. The molecule has 1 heterocycles. The molecule has 1 saturated heterocycles. The van der Waals surface area contributed by atoms with Gasteiger partial charge in [-0.3, -0.25) is 4.79 Å². The SMILES string of the molecule is CC1(COc2ccccc2C2(CC(=O)O)CC2)COC1. The third kappa shape index (κ3) is 2.52. The smallest absolute Gasteiger partial charge is 0.304 e. The highest BCUT2D eigenvalue weighted by Gasteiger charge is 2.47. The van der Waals surface area contributed by atoms with E-state index in [0.717, 1.165) is 37.4 Å². The molecule has 4 heteroatoms. The zero-order chi connectivity index (χ0) is 14.2. The number of rotatable bonds is 6. The van der Waals surface area contributed by atoms with Gasteiger partial charge >= 0.3 is 5.97 Å². The molecule has 1 saturated carbocycles. The lowest BCUT2D eigenvalue weighted by molar-refractivity contribution is -0.137. The fourth-order valence-corrected chi connectivity index (χ4v) is 2.80. The predicted molar refractivity (Wildman–Crippen MR) is 74.0 cm³/mol. The van der Waals surface area contributed by atoms with Gasteiger partial charge in [0.2, 0.25) is 0 Å². The second-order valence-electron chi connectivity index (χ2n) is 6.44. The first-order chi connectivity index (χ1) is 9.53. The van der Waals surface area contributed by atoms with Gasteiger partial charge in [0.25, 0.3) is 0 Å². The van der Waals surface area contributed by atoms with E-state index in [-0.39, 0.29) is 17.3 Å². The number of para-hydroxylation sites is 1. The van der Waals surface area contributed by atoms with Crippen LogP contribution in [0.25, 0.3) is 0 Å². The second-order valence-corrected chi connectivity index (χ2v) is 6.44. The summed E-state index contributed by atoms with van der Waals surface area (Å²) in [5, 5.41) is 9.09. The van der Waals surface area contributed by atoms with Crippen molar-refractivity contribution in [2.24, 2.45) is 5.41 Å². The third-order valence-corrected chi connectivity index (χ3v) is 4.28. The van der Waals surface area contributed by atoms with Crippen LogP contribution in [-0.2, 0) is 14.9 Å².